The summed E-state index contributed by atoms with van der Waals surface area (Å²) in [6.45, 7) is 2.06. The molecule has 5 nitrogen and oxygen atoms in total. The Balaban J connectivity index is 2.20. The van der Waals surface area contributed by atoms with Crippen LogP contribution < -0.4 is 4.90 Å². The molecule has 1 N–H and O–H groups in total. The monoisotopic (exact) mass is 259 g/mol. The van der Waals surface area contributed by atoms with E-state index in [-0.39, 0.29) is 11.5 Å². The molecule has 0 aliphatic heterocycles. The standard InChI is InChI=1S/C14H17N3O2/c1-10(18)12-5-4-11(8-13(12)19)17(3)9-14-15-6-7-16(14)2/h4-8,19H,9H2,1-3H3. The van der Waals surface area contributed by atoms with E-state index in [1.54, 1.807) is 18.3 Å². The van der Waals surface area contributed by atoms with E-state index >= 15 is 0 Å². The Hall–Kier alpha value is -2.30. The third kappa shape index (κ3) is 2.76. The van der Waals surface area contributed by atoms with Gasteiger partial charge in [-0.3, -0.25) is 4.79 Å². The highest BCUT2D eigenvalue weighted by Crippen LogP contribution is 2.25. The van der Waals surface area contributed by atoms with Crippen LogP contribution in [0.5, 0.6) is 5.75 Å². The second-order valence-corrected chi connectivity index (χ2v) is 4.57. The van der Waals surface area contributed by atoms with Gasteiger partial charge in [-0.15, -0.1) is 0 Å². The molecular weight excluding hydrogens is 242 g/mol. The molecule has 0 unspecified atom stereocenters. The quantitative estimate of drug-likeness (QED) is 0.853. The number of aromatic hydroxyl groups is 1. The van der Waals surface area contributed by atoms with Crippen molar-refractivity contribution in [2.75, 3.05) is 11.9 Å². The lowest BCUT2D eigenvalue weighted by molar-refractivity contribution is 0.101. The van der Waals surface area contributed by atoms with Crippen molar-refractivity contribution in [3.05, 3.63) is 42.0 Å². The number of hydrogen-bond donors (Lipinski definition) is 1. The van der Waals surface area contributed by atoms with Crippen molar-refractivity contribution in [2.45, 2.75) is 13.5 Å². The first-order valence-electron chi connectivity index (χ1n) is 6.00. The number of phenolic OH excluding ortho intramolecular Hbond substituents is 1. The van der Waals surface area contributed by atoms with E-state index in [0.717, 1.165) is 11.5 Å². The van der Waals surface area contributed by atoms with Crippen LogP contribution in [0, 0.1) is 0 Å². The molecule has 0 saturated heterocycles. The smallest absolute Gasteiger partial charge is 0.163 e. The molecule has 0 radical (unpaired) electrons. The van der Waals surface area contributed by atoms with Gasteiger partial charge in [-0.2, -0.15) is 0 Å². The summed E-state index contributed by atoms with van der Waals surface area (Å²) >= 11 is 0. The van der Waals surface area contributed by atoms with Crippen molar-refractivity contribution in [1.82, 2.24) is 9.55 Å². The van der Waals surface area contributed by atoms with Crippen molar-refractivity contribution >= 4 is 11.5 Å². The first kappa shape index (κ1) is 13.1. The molecule has 0 saturated carbocycles. The van der Waals surface area contributed by atoms with Crippen molar-refractivity contribution in [2.24, 2.45) is 7.05 Å². The number of benzene rings is 1. The lowest BCUT2D eigenvalue weighted by Gasteiger charge is -2.19. The number of hydrogen-bond acceptors (Lipinski definition) is 4. The van der Waals surface area contributed by atoms with E-state index in [4.69, 9.17) is 0 Å². The first-order valence-corrected chi connectivity index (χ1v) is 6.00. The molecular formula is C14H17N3O2. The van der Waals surface area contributed by atoms with Crippen LogP contribution >= 0.6 is 0 Å². The minimum absolute atomic E-state index is 0.0108. The van der Waals surface area contributed by atoms with Crippen molar-refractivity contribution in [1.29, 1.82) is 0 Å². The normalized spacial score (nSPS) is 10.5. The molecule has 1 heterocycles. The zero-order valence-corrected chi connectivity index (χ0v) is 11.3. The average Bonchev–Trinajstić information content (AvgIpc) is 2.74. The first-order chi connectivity index (χ1) is 8.99. The SMILES string of the molecule is CC(=O)c1ccc(N(C)Cc2nccn2C)cc1O. The van der Waals surface area contributed by atoms with Crippen LogP contribution in [0.25, 0.3) is 0 Å². The number of rotatable bonds is 4. The summed E-state index contributed by atoms with van der Waals surface area (Å²) in [7, 11) is 3.85. The molecule has 0 amide bonds. The highest BCUT2D eigenvalue weighted by molar-refractivity contribution is 5.97. The number of Topliss-reactive ketones (excluding diaryl/α,β-unsaturated/α-hetero) is 1. The second kappa shape index (κ2) is 5.14. The Morgan fingerprint density at radius 1 is 1.47 bits per heavy atom. The van der Waals surface area contributed by atoms with Gasteiger partial charge in [0.15, 0.2) is 5.78 Å². The summed E-state index contributed by atoms with van der Waals surface area (Å²) in [6.07, 6.45) is 3.64. The summed E-state index contributed by atoms with van der Waals surface area (Å²) in [4.78, 5) is 17.5. The Labute approximate surface area is 112 Å². The number of carbonyl (C=O) groups is 1. The molecule has 1 aromatic heterocycles. The predicted molar refractivity (Wildman–Crippen MR) is 73.4 cm³/mol. The van der Waals surface area contributed by atoms with Gasteiger partial charge in [-0.05, 0) is 19.1 Å². The minimum atomic E-state index is -0.143. The van der Waals surface area contributed by atoms with Gasteiger partial charge in [-0.25, -0.2) is 4.98 Å². The fourth-order valence-corrected chi connectivity index (χ4v) is 1.91. The van der Waals surface area contributed by atoms with Crippen molar-refractivity contribution in [3.63, 3.8) is 0 Å². The molecule has 2 aromatic rings. The van der Waals surface area contributed by atoms with Gasteiger partial charge >= 0.3 is 0 Å². The third-order valence-corrected chi connectivity index (χ3v) is 3.10. The van der Waals surface area contributed by atoms with Crippen molar-refractivity contribution in [3.8, 4) is 5.75 Å². The highest BCUT2D eigenvalue weighted by atomic mass is 16.3. The molecule has 0 aliphatic rings. The Kier molecular flexibility index (Phi) is 3.55. The van der Waals surface area contributed by atoms with Gasteiger partial charge < -0.3 is 14.6 Å². The molecule has 0 bridgehead atoms. The largest absolute Gasteiger partial charge is 0.507 e. The summed E-state index contributed by atoms with van der Waals surface area (Å²) < 4.78 is 1.94. The van der Waals surface area contributed by atoms with Gasteiger partial charge in [-0.1, -0.05) is 0 Å². The maximum absolute atomic E-state index is 11.3. The zero-order chi connectivity index (χ0) is 14.0. The number of ketones is 1. The third-order valence-electron chi connectivity index (χ3n) is 3.10. The van der Waals surface area contributed by atoms with Crippen LogP contribution in [0.2, 0.25) is 0 Å². The number of imidazole rings is 1. The Bertz CT molecular complexity index is 604. The molecule has 5 heteroatoms. The highest BCUT2D eigenvalue weighted by Gasteiger charge is 2.10. The molecule has 0 spiro atoms. The van der Waals surface area contributed by atoms with Gasteiger partial charge in [0, 0.05) is 38.2 Å². The molecule has 0 fully saturated rings. The van der Waals surface area contributed by atoms with Gasteiger partial charge in [0.1, 0.15) is 11.6 Å². The predicted octanol–water partition coefficient (Wildman–Crippen LogP) is 1.96. The topological polar surface area (TPSA) is 58.4 Å². The van der Waals surface area contributed by atoms with E-state index in [2.05, 4.69) is 4.98 Å². The van der Waals surface area contributed by atoms with Gasteiger partial charge in [0.05, 0.1) is 12.1 Å². The molecule has 19 heavy (non-hydrogen) atoms. The number of aryl methyl sites for hydroxylation is 1. The molecule has 100 valence electrons. The molecule has 0 aliphatic carbocycles. The Morgan fingerprint density at radius 2 is 2.21 bits per heavy atom. The number of anilines is 1. The van der Waals surface area contributed by atoms with E-state index in [1.165, 1.54) is 6.92 Å². The van der Waals surface area contributed by atoms with Gasteiger partial charge in [0.25, 0.3) is 0 Å². The molecule has 1 aromatic carbocycles. The summed E-state index contributed by atoms with van der Waals surface area (Å²) in [5.41, 5.74) is 1.18. The summed E-state index contributed by atoms with van der Waals surface area (Å²) in [5, 5.41) is 9.82. The zero-order valence-electron chi connectivity index (χ0n) is 11.3. The summed E-state index contributed by atoms with van der Waals surface area (Å²) in [6, 6.07) is 5.06. The Morgan fingerprint density at radius 3 is 2.74 bits per heavy atom. The van der Waals surface area contributed by atoms with E-state index in [9.17, 15) is 9.90 Å². The van der Waals surface area contributed by atoms with Crippen LogP contribution in [0.15, 0.2) is 30.6 Å². The number of nitrogens with zero attached hydrogens (tertiary/aromatic N) is 3. The minimum Gasteiger partial charge on any atom is -0.507 e. The molecule has 2 rings (SSSR count). The molecule has 0 atom stereocenters. The van der Waals surface area contributed by atoms with Crippen LogP contribution in [-0.2, 0) is 13.6 Å². The van der Waals surface area contributed by atoms with E-state index < -0.39 is 0 Å². The fourth-order valence-electron chi connectivity index (χ4n) is 1.91. The number of aromatic nitrogens is 2. The second-order valence-electron chi connectivity index (χ2n) is 4.57. The van der Waals surface area contributed by atoms with Crippen LogP contribution in [-0.4, -0.2) is 27.5 Å². The lowest BCUT2D eigenvalue weighted by atomic mass is 10.1. The number of phenols is 1. The number of carbonyl (C=O) groups excluding carboxylic acids is 1. The van der Waals surface area contributed by atoms with Crippen LogP contribution in [0.4, 0.5) is 5.69 Å². The van der Waals surface area contributed by atoms with Crippen LogP contribution in [0.3, 0.4) is 0 Å². The maximum atomic E-state index is 11.3. The lowest BCUT2D eigenvalue weighted by Crippen LogP contribution is -2.19. The van der Waals surface area contributed by atoms with Gasteiger partial charge in [0.2, 0.25) is 0 Å². The fraction of sp³-hybridized carbons (Fsp3) is 0.286. The van der Waals surface area contributed by atoms with E-state index in [0.29, 0.717) is 12.1 Å². The average molecular weight is 259 g/mol. The summed E-state index contributed by atoms with van der Waals surface area (Å²) in [5.74, 6) is 0.796. The van der Waals surface area contributed by atoms with Crippen LogP contribution in [0.1, 0.15) is 23.1 Å². The van der Waals surface area contributed by atoms with E-state index in [1.807, 2.05) is 35.8 Å². The van der Waals surface area contributed by atoms with Crippen molar-refractivity contribution < 1.29 is 9.90 Å². The maximum Gasteiger partial charge on any atom is 0.163 e.